The molecule has 5 aliphatic rings. The maximum Gasteiger partial charge on any atom is 0.0973 e. The van der Waals surface area contributed by atoms with E-state index in [2.05, 4.69) is 146 Å². The van der Waals surface area contributed by atoms with Gasteiger partial charge in [-0.25, -0.2) is 9.97 Å². The Morgan fingerprint density at radius 2 is 1.08 bits per heavy atom. The van der Waals surface area contributed by atoms with Gasteiger partial charge in [-0.2, -0.15) is 0 Å². The fourth-order valence-corrected chi connectivity index (χ4v) is 13.1. The van der Waals surface area contributed by atoms with Crippen LogP contribution >= 0.6 is 0 Å². The zero-order valence-electron chi connectivity index (χ0n) is 29.6. The minimum absolute atomic E-state index is 0.137. The van der Waals surface area contributed by atoms with Crippen LogP contribution in [-0.4, -0.2) is 9.97 Å². The number of benzene rings is 7. The summed E-state index contributed by atoms with van der Waals surface area (Å²) in [5.41, 5.74) is 15.2. The van der Waals surface area contributed by atoms with Crippen LogP contribution in [-0.2, 0) is 5.41 Å². The molecular formula is C51H38N2. The average molecular weight is 679 g/mol. The highest BCUT2D eigenvalue weighted by molar-refractivity contribution is 6.05. The number of aromatic nitrogens is 2. The highest BCUT2D eigenvalue weighted by Gasteiger charge is 2.79. The number of hydrogen-bond donors (Lipinski definition) is 0. The Balaban J connectivity index is 1.05. The van der Waals surface area contributed by atoms with Crippen molar-refractivity contribution < 1.29 is 0 Å². The molecule has 2 heteroatoms. The lowest BCUT2D eigenvalue weighted by molar-refractivity contribution is -0.0819. The molecule has 0 amide bonds. The summed E-state index contributed by atoms with van der Waals surface area (Å²) in [5, 5.41) is 5.05. The van der Waals surface area contributed by atoms with Crippen LogP contribution in [0.25, 0.3) is 77.3 Å². The second-order valence-electron chi connectivity index (χ2n) is 17.1. The number of rotatable bonds is 3. The highest BCUT2D eigenvalue weighted by Crippen LogP contribution is 2.85. The van der Waals surface area contributed by atoms with E-state index in [9.17, 15) is 0 Å². The van der Waals surface area contributed by atoms with Crippen LogP contribution in [0.2, 0.25) is 0 Å². The standard InChI is InChI=1S/C51H38N2/c1-2-8-32(9-3-1)33-14-16-35(17-15-33)47-48(53-49-39-13-7-6-10-34(39)19-21-44(49)52-47)38-18-20-42-40(26-38)41-25-36-11-4-5-12-37(36)27-43(41)51(42)45-23-30-22-31-24-46(51)50(45,28-30)29-31/h1-21,25-27,30-31,45-46H,22-24,28-29H2. The summed E-state index contributed by atoms with van der Waals surface area (Å²) in [5.74, 6) is 3.37. The number of hydrogen-bond acceptors (Lipinski definition) is 2. The van der Waals surface area contributed by atoms with Crippen LogP contribution in [0.4, 0.5) is 0 Å². The van der Waals surface area contributed by atoms with E-state index in [1.165, 1.54) is 70.5 Å². The van der Waals surface area contributed by atoms with Gasteiger partial charge < -0.3 is 0 Å². The van der Waals surface area contributed by atoms with Gasteiger partial charge in [0.15, 0.2) is 0 Å². The molecule has 13 rings (SSSR count). The van der Waals surface area contributed by atoms with Gasteiger partial charge in [0.05, 0.1) is 22.4 Å². The summed E-state index contributed by atoms with van der Waals surface area (Å²) in [4.78, 5) is 11.0. The van der Waals surface area contributed by atoms with E-state index in [-0.39, 0.29) is 5.41 Å². The Hall–Kier alpha value is -5.60. The summed E-state index contributed by atoms with van der Waals surface area (Å²) in [6.07, 6.45) is 7.25. The molecule has 7 aromatic carbocycles. The molecule has 4 atom stereocenters. The van der Waals surface area contributed by atoms with Crippen molar-refractivity contribution in [2.45, 2.75) is 37.5 Å². The van der Waals surface area contributed by atoms with Crippen LogP contribution in [0.1, 0.15) is 43.2 Å². The summed E-state index contributed by atoms with van der Waals surface area (Å²) in [7, 11) is 0. The quantitative estimate of drug-likeness (QED) is 0.174. The van der Waals surface area contributed by atoms with Crippen molar-refractivity contribution in [1.82, 2.24) is 9.97 Å². The lowest BCUT2D eigenvalue weighted by Crippen LogP contribution is -2.62. The number of nitrogens with zero attached hydrogens (tertiary/aromatic N) is 2. The molecule has 4 unspecified atom stereocenters. The van der Waals surface area contributed by atoms with Gasteiger partial charge in [0.1, 0.15) is 0 Å². The molecule has 0 saturated heterocycles. The Kier molecular flexibility index (Phi) is 5.50. The minimum atomic E-state index is 0.137. The third-order valence-electron chi connectivity index (χ3n) is 14.8. The second-order valence-corrected chi connectivity index (χ2v) is 17.1. The van der Waals surface area contributed by atoms with Gasteiger partial charge in [-0.05, 0) is 135 Å². The molecule has 1 heterocycles. The highest BCUT2D eigenvalue weighted by atomic mass is 14.8. The van der Waals surface area contributed by atoms with Crippen molar-refractivity contribution in [2.75, 3.05) is 0 Å². The van der Waals surface area contributed by atoms with Crippen LogP contribution < -0.4 is 0 Å². The molecule has 2 nitrogen and oxygen atoms in total. The molecule has 3 bridgehead atoms. The fraction of sp³-hybridized carbons (Fsp3) is 0.216. The first-order valence-corrected chi connectivity index (χ1v) is 19.7. The van der Waals surface area contributed by atoms with Crippen molar-refractivity contribution in [1.29, 1.82) is 0 Å². The molecular weight excluding hydrogens is 641 g/mol. The molecule has 0 aliphatic heterocycles. The Morgan fingerprint density at radius 3 is 1.87 bits per heavy atom. The van der Waals surface area contributed by atoms with Crippen molar-refractivity contribution in [3.63, 3.8) is 0 Å². The SMILES string of the molecule is c1ccc(-c2ccc(-c3nc4ccc5ccccc5c4nc3-c3ccc4c(c3)-c3cc5ccccc5cc3C43C4CC5CC6CC3C4(C5)C6)cc2)cc1. The third-order valence-corrected chi connectivity index (χ3v) is 14.8. The molecule has 4 saturated carbocycles. The normalized spacial score (nSPS) is 27.0. The van der Waals surface area contributed by atoms with Crippen LogP contribution in [0.5, 0.6) is 0 Å². The van der Waals surface area contributed by atoms with E-state index in [0.717, 1.165) is 62.6 Å². The molecule has 252 valence electrons. The van der Waals surface area contributed by atoms with Crippen molar-refractivity contribution in [3.8, 4) is 44.8 Å². The Bertz CT molecular complexity index is 2830. The van der Waals surface area contributed by atoms with Crippen LogP contribution in [0.15, 0.2) is 146 Å². The second kappa shape index (κ2) is 10.1. The van der Waals surface area contributed by atoms with Crippen molar-refractivity contribution >= 4 is 32.6 Å². The summed E-state index contributed by atoms with van der Waals surface area (Å²) < 4.78 is 0. The molecule has 4 fully saturated rings. The molecule has 2 spiro atoms. The van der Waals surface area contributed by atoms with Gasteiger partial charge in [0.2, 0.25) is 0 Å². The first-order chi connectivity index (χ1) is 26.2. The van der Waals surface area contributed by atoms with Gasteiger partial charge in [0, 0.05) is 21.9 Å². The van der Waals surface area contributed by atoms with E-state index in [1.54, 1.807) is 11.1 Å². The average Bonchev–Trinajstić information content (AvgIpc) is 3.74. The predicted octanol–water partition coefficient (Wildman–Crippen LogP) is 12.7. The van der Waals surface area contributed by atoms with E-state index >= 15 is 0 Å². The smallest absolute Gasteiger partial charge is 0.0973 e. The first kappa shape index (κ1) is 28.9. The van der Waals surface area contributed by atoms with E-state index in [4.69, 9.17) is 9.97 Å². The van der Waals surface area contributed by atoms with Gasteiger partial charge >= 0.3 is 0 Å². The number of fused-ring (bicyclic) bond motifs is 13. The van der Waals surface area contributed by atoms with E-state index < -0.39 is 0 Å². The van der Waals surface area contributed by atoms with Crippen molar-refractivity contribution in [2.24, 2.45) is 29.1 Å². The third kappa shape index (κ3) is 3.65. The zero-order valence-corrected chi connectivity index (χ0v) is 29.6. The van der Waals surface area contributed by atoms with E-state index in [0.29, 0.717) is 5.41 Å². The summed E-state index contributed by atoms with van der Waals surface area (Å²) in [6.45, 7) is 0. The fourth-order valence-electron chi connectivity index (χ4n) is 13.1. The molecule has 5 aliphatic carbocycles. The van der Waals surface area contributed by atoms with Gasteiger partial charge in [0.25, 0.3) is 0 Å². The van der Waals surface area contributed by atoms with Crippen molar-refractivity contribution in [3.05, 3.63) is 157 Å². The van der Waals surface area contributed by atoms with E-state index in [1.807, 2.05) is 0 Å². The maximum absolute atomic E-state index is 5.59. The Morgan fingerprint density at radius 1 is 0.453 bits per heavy atom. The van der Waals surface area contributed by atoms with Gasteiger partial charge in [-0.1, -0.05) is 121 Å². The first-order valence-electron chi connectivity index (χ1n) is 19.7. The van der Waals surface area contributed by atoms with Crippen LogP contribution in [0.3, 0.4) is 0 Å². The monoisotopic (exact) mass is 678 g/mol. The van der Waals surface area contributed by atoms with Gasteiger partial charge in [-0.15, -0.1) is 0 Å². The molecule has 1 aromatic heterocycles. The zero-order chi connectivity index (χ0) is 34.5. The molecule has 0 N–H and O–H groups in total. The lowest BCUT2D eigenvalue weighted by atomic mass is 9.38. The molecule has 8 aromatic rings. The summed E-state index contributed by atoms with van der Waals surface area (Å²) in [6, 6.07) is 54.1. The maximum atomic E-state index is 5.59. The molecule has 0 radical (unpaired) electrons. The Labute approximate surface area is 309 Å². The van der Waals surface area contributed by atoms with Crippen LogP contribution in [0, 0.1) is 29.1 Å². The minimum Gasteiger partial charge on any atom is -0.244 e. The lowest BCUT2D eigenvalue weighted by Gasteiger charge is -2.64. The largest absolute Gasteiger partial charge is 0.244 e. The topological polar surface area (TPSA) is 25.8 Å². The summed E-state index contributed by atoms with van der Waals surface area (Å²) >= 11 is 0. The molecule has 53 heavy (non-hydrogen) atoms. The predicted molar refractivity (Wildman–Crippen MR) is 217 cm³/mol. The van der Waals surface area contributed by atoms with Gasteiger partial charge in [-0.3, -0.25) is 0 Å².